The van der Waals surface area contributed by atoms with Gasteiger partial charge in [-0.2, -0.15) is 23.1 Å². The summed E-state index contributed by atoms with van der Waals surface area (Å²) in [5.41, 5.74) is 5.65. The van der Waals surface area contributed by atoms with Crippen LogP contribution in [-0.4, -0.2) is 24.2 Å². The zero-order chi connectivity index (χ0) is 14.0. The van der Waals surface area contributed by atoms with E-state index in [0.717, 1.165) is 4.79 Å². The molecule has 7 nitrogen and oxygen atoms in total. The second-order valence-corrected chi connectivity index (χ2v) is 5.48. The van der Waals surface area contributed by atoms with Gasteiger partial charge in [-0.1, -0.05) is 18.2 Å². The maximum atomic E-state index is 12.2. The number of aromatic nitrogens is 2. The van der Waals surface area contributed by atoms with E-state index in [1.54, 1.807) is 25.1 Å². The van der Waals surface area contributed by atoms with Crippen LogP contribution in [0.1, 0.15) is 16.1 Å². The molecule has 0 bridgehead atoms. The molecule has 1 amide bonds. The Bertz CT molecular complexity index is 721. The molecule has 0 radical (unpaired) electrons. The van der Waals surface area contributed by atoms with Crippen molar-refractivity contribution >= 4 is 15.9 Å². The van der Waals surface area contributed by atoms with Gasteiger partial charge in [-0.25, -0.2) is 0 Å². The number of hydrogen-bond acceptors (Lipinski definition) is 4. The minimum Gasteiger partial charge on any atom is -0.364 e. The summed E-state index contributed by atoms with van der Waals surface area (Å²) in [6, 6.07) is 7.80. The Morgan fingerprint density at radius 2 is 2.00 bits per heavy atom. The number of hydrogen-bond donors (Lipinski definition) is 2. The predicted molar refractivity (Wildman–Crippen MR) is 68.5 cm³/mol. The number of nitrogens with two attached hydrogens (primary N) is 1. The Kier molecular flexibility index (Phi) is 3.26. The molecule has 19 heavy (non-hydrogen) atoms. The summed E-state index contributed by atoms with van der Waals surface area (Å²) in [5, 5.41) is 3.70. The molecule has 0 unspecified atom stereocenters. The number of rotatable bonds is 4. The summed E-state index contributed by atoms with van der Waals surface area (Å²) in [6.07, 6.45) is 1.28. The molecule has 3 N–H and O–H groups in total. The van der Waals surface area contributed by atoms with Crippen molar-refractivity contribution in [3.63, 3.8) is 0 Å². The van der Waals surface area contributed by atoms with Crippen molar-refractivity contribution in [1.29, 1.82) is 0 Å². The second kappa shape index (κ2) is 4.73. The van der Waals surface area contributed by atoms with Gasteiger partial charge in [0.1, 0.15) is 0 Å². The lowest BCUT2D eigenvalue weighted by atomic mass is 10.2. The van der Waals surface area contributed by atoms with Gasteiger partial charge in [0, 0.05) is 0 Å². The highest BCUT2D eigenvalue weighted by Crippen LogP contribution is 2.14. The Morgan fingerprint density at radius 3 is 2.63 bits per heavy atom. The molecule has 1 aromatic carbocycles. The molecular weight excluding hydrogens is 268 g/mol. The Balaban J connectivity index is 2.40. The molecule has 0 aliphatic heterocycles. The van der Waals surface area contributed by atoms with Crippen LogP contribution in [0.5, 0.6) is 0 Å². The van der Waals surface area contributed by atoms with E-state index in [2.05, 4.69) is 9.93 Å². The lowest BCUT2D eigenvalue weighted by Crippen LogP contribution is -2.29. The first-order valence-corrected chi connectivity index (χ1v) is 6.82. The highest BCUT2D eigenvalue weighted by atomic mass is 32.2. The summed E-state index contributed by atoms with van der Waals surface area (Å²) in [5.74, 6) is -0.773. The molecular formula is C11H12N4O3S. The monoisotopic (exact) mass is 280 g/mol. The Labute approximate surface area is 110 Å². The SMILES string of the molecule is Cc1ccccc1S(=O)(=O)Nn1nccc1C(N)=O. The van der Waals surface area contributed by atoms with Crippen molar-refractivity contribution in [1.82, 2.24) is 9.89 Å². The predicted octanol–water partition coefficient (Wildman–Crippen LogP) is 0.223. The third-order valence-electron chi connectivity index (χ3n) is 2.48. The van der Waals surface area contributed by atoms with E-state index in [1.807, 2.05) is 0 Å². The number of carbonyl (C=O) groups excluding carboxylic acids is 1. The van der Waals surface area contributed by atoms with Crippen LogP contribution in [-0.2, 0) is 10.0 Å². The van der Waals surface area contributed by atoms with Crippen LogP contribution in [0.3, 0.4) is 0 Å². The molecule has 0 fully saturated rings. The van der Waals surface area contributed by atoms with Gasteiger partial charge in [-0.05, 0) is 24.6 Å². The fourth-order valence-corrected chi connectivity index (χ4v) is 2.80. The fourth-order valence-electron chi connectivity index (χ4n) is 1.58. The summed E-state index contributed by atoms with van der Waals surface area (Å²) in [7, 11) is -3.83. The number of sulfonamides is 1. The van der Waals surface area contributed by atoms with Crippen LogP contribution >= 0.6 is 0 Å². The molecule has 0 spiro atoms. The number of benzene rings is 1. The first kappa shape index (κ1) is 13.1. The average Bonchev–Trinajstić information content (AvgIpc) is 2.76. The summed E-state index contributed by atoms with van der Waals surface area (Å²) < 4.78 is 24.3. The van der Waals surface area contributed by atoms with E-state index in [4.69, 9.17) is 5.73 Å². The van der Waals surface area contributed by atoms with Crippen LogP contribution in [0.25, 0.3) is 0 Å². The molecule has 2 aromatic rings. The van der Waals surface area contributed by atoms with Crippen molar-refractivity contribution < 1.29 is 13.2 Å². The van der Waals surface area contributed by atoms with Gasteiger partial charge in [-0.3, -0.25) is 4.79 Å². The fraction of sp³-hybridized carbons (Fsp3) is 0.0909. The molecule has 8 heteroatoms. The van der Waals surface area contributed by atoms with Gasteiger partial charge >= 0.3 is 0 Å². The normalized spacial score (nSPS) is 11.2. The second-order valence-electron chi connectivity index (χ2n) is 3.85. The van der Waals surface area contributed by atoms with Crippen LogP contribution in [0.2, 0.25) is 0 Å². The highest BCUT2D eigenvalue weighted by Gasteiger charge is 2.19. The number of amides is 1. The van der Waals surface area contributed by atoms with Gasteiger partial charge in [0.25, 0.3) is 15.9 Å². The maximum absolute atomic E-state index is 12.2. The van der Waals surface area contributed by atoms with Crippen LogP contribution in [0.15, 0.2) is 41.4 Å². The zero-order valence-corrected chi connectivity index (χ0v) is 10.9. The van der Waals surface area contributed by atoms with Gasteiger partial charge < -0.3 is 5.73 Å². The topological polar surface area (TPSA) is 107 Å². The van der Waals surface area contributed by atoms with Gasteiger partial charge in [0.15, 0.2) is 5.69 Å². The lowest BCUT2D eigenvalue weighted by Gasteiger charge is -2.11. The molecule has 100 valence electrons. The van der Waals surface area contributed by atoms with Crippen molar-refractivity contribution in [3.8, 4) is 0 Å². The van der Waals surface area contributed by atoms with Crippen LogP contribution in [0.4, 0.5) is 0 Å². The molecule has 1 aromatic heterocycles. The summed E-state index contributed by atoms with van der Waals surface area (Å²) >= 11 is 0. The van der Waals surface area contributed by atoms with E-state index < -0.39 is 15.9 Å². The number of nitrogens with one attached hydrogen (secondary N) is 1. The third-order valence-corrected chi connectivity index (χ3v) is 3.94. The number of primary amides is 1. The zero-order valence-electron chi connectivity index (χ0n) is 10.1. The minimum absolute atomic E-state index is 0.0443. The Hall–Kier alpha value is -2.35. The van der Waals surface area contributed by atoms with E-state index in [0.29, 0.717) is 5.56 Å². The quantitative estimate of drug-likeness (QED) is 0.835. The molecule has 0 saturated heterocycles. The number of nitrogens with zero attached hydrogens (tertiary/aromatic N) is 2. The molecule has 0 aliphatic rings. The third kappa shape index (κ3) is 2.58. The first-order chi connectivity index (χ1) is 8.92. The van der Waals surface area contributed by atoms with E-state index in [9.17, 15) is 13.2 Å². The van der Waals surface area contributed by atoms with Crippen molar-refractivity contribution in [2.45, 2.75) is 11.8 Å². The summed E-state index contributed by atoms with van der Waals surface area (Å²) in [4.78, 5) is 14.2. The number of carbonyl (C=O) groups is 1. The van der Waals surface area contributed by atoms with Crippen molar-refractivity contribution in [3.05, 3.63) is 47.8 Å². The van der Waals surface area contributed by atoms with Crippen molar-refractivity contribution in [2.75, 3.05) is 4.83 Å². The highest BCUT2D eigenvalue weighted by molar-refractivity contribution is 7.92. The molecule has 0 aliphatic carbocycles. The molecule has 0 saturated carbocycles. The Morgan fingerprint density at radius 1 is 1.32 bits per heavy atom. The van der Waals surface area contributed by atoms with Crippen molar-refractivity contribution in [2.24, 2.45) is 5.73 Å². The minimum atomic E-state index is -3.83. The standard InChI is InChI=1S/C11H12N4O3S/c1-8-4-2-3-5-10(8)19(17,18)14-15-9(11(12)16)6-7-13-15/h2-7,14H,1H3,(H2,12,16). The molecule has 1 heterocycles. The van der Waals surface area contributed by atoms with E-state index in [-0.39, 0.29) is 10.6 Å². The van der Waals surface area contributed by atoms with Crippen LogP contribution in [0, 0.1) is 6.92 Å². The molecule has 2 rings (SSSR count). The van der Waals surface area contributed by atoms with E-state index in [1.165, 1.54) is 18.3 Å². The van der Waals surface area contributed by atoms with Gasteiger partial charge in [-0.15, -0.1) is 0 Å². The largest absolute Gasteiger partial charge is 0.364 e. The first-order valence-electron chi connectivity index (χ1n) is 5.34. The smallest absolute Gasteiger partial charge is 0.276 e. The van der Waals surface area contributed by atoms with Gasteiger partial charge in [0.2, 0.25) is 0 Å². The van der Waals surface area contributed by atoms with E-state index >= 15 is 0 Å². The lowest BCUT2D eigenvalue weighted by molar-refractivity contribution is 0.0992. The average molecular weight is 280 g/mol. The number of aryl methyl sites for hydroxylation is 1. The maximum Gasteiger partial charge on any atom is 0.276 e. The van der Waals surface area contributed by atoms with Gasteiger partial charge in [0.05, 0.1) is 11.1 Å². The summed E-state index contributed by atoms with van der Waals surface area (Å²) in [6.45, 7) is 1.67. The molecule has 0 atom stereocenters. The van der Waals surface area contributed by atoms with Crippen LogP contribution < -0.4 is 10.6 Å².